The summed E-state index contributed by atoms with van der Waals surface area (Å²) in [6.07, 6.45) is 0.572. The minimum atomic E-state index is -0.0919. The van der Waals surface area contributed by atoms with Crippen molar-refractivity contribution in [2.75, 3.05) is 0 Å². The zero-order valence-electron chi connectivity index (χ0n) is 16.3. The summed E-state index contributed by atoms with van der Waals surface area (Å²) >= 11 is 1.45. The molecular formula is C23H21N3O2S. The van der Waals surface area contributed by atoms with Gasteiger partial charge in [-0.2, -0.15) is 0 Å². The van der Waals surface area contributed by atoms with E-state index in [1.54, 1.807) is 0 Å². The molecule has 2 aromatic heterocycles. The van der Waals surface area contributed by atoms with E-state index in [1.165, 1.54) is 11.8 Å². The van der Waals surface area contributed by atoms with Gasteiger partial charge in [0.25, 0.3) is 5.56 Å². The largest absolute Gasteiger partial charge is 0.441 e. The van der Waals surface area contributed by atoms with Gasteiger partial charge in [-0.3, -0.25) is 4.79 Å². The van der Waals surface area contributed by atoms with Crippen LogP contribution >= 0.6 is 11.8 Å². The Bertz CT molecular complexity index is 1170. The Balaban J connectivity index is 1.49. The summed E-state index contributed by atoms with van der Waals surface area (Å²) in [4.78, 5) is 24.7. The highest BCUT2D eigenvalue weighted by atomic mass is 32.2. The Morgan fingerprint density at radius 2 is 1.66 bits per heavy atom. The van der Waals surface area contributed by atoms with Crippen LogP contribution in [0.3, 0.4) is 0 Å². The number of thioether (sulfide) groups is 1. The van der Waals surface area contributed by atoms with Crippen LogP contribution in [0.1, 0.15) is 28.3 Å². The molecule has 0 spiro atoms. The molecule has 0 aliphatic heterocycles. The second-order valence-corrected chi connectivity index (χ2v) is 7.74. The van der Waals surface area contributed by atoms with E-state index in [-0.39, 0.29) is 5.56 Å². The maximum Gasteiger partial charge on any atom is 0.255 e. The van der Waals surface area contributed by atoms with Gasteiger partial charge in [-0.1, -0.05) is 60.3 Å². The van der Waals surface area contributed by atoms with E-state index in [4.69, 9.17) is 4.42 Å². The van der Waals surface area contributed by atoms with Crippen molar-refractivity contribution in [1.29, 1.82) is 0 Å². The average molecular weight is 404 g/mol. The van der Waals surface area contributed by atoms with E-state index in [1.807, 2.05) is 74.5 Å². The van der Waals surface area contributed by atoms with Gasteiger partial charge >= 0.3 is 0 Å². The van der Waals surface area contributed by atoms with Crippen LogP contribution < -0.4 is 5.56 Å². The molecule has 5 nitrogen and oxygen atoms in total. The van der Waals surface area contributed by atoms with Gasteiger partial charge in [-0.25, -0.2) is 9.97 Å². The van der Waals surface area contributed by atoms with Crippen molar-refractivity contribution in [3.8, 4) is 11.5 Å². The molecule has 0 fully saturated rings. The van der Waals surface area contributed by atoms with Crippen LogP contribution in [0.25, 0.3) is 11.5 Å². The minimum Gasteiger partial charge on any atom is -0.441 e. The van der Waals surface area contributed by atoms with Crippen LogP contribution in [0.4, 0.5) is 0 Å². The third-order valence-corrected chi connectivity index (χ3v) is 5.57. The highest BCUT2D eigenvalue weighted by Crippen LogP contribution is 2.26. The molecular weight excluding hydrogens is 382 g/mol. The second kappa shape index (κ2) is 8.49. The van der Waals surface area contributed by atoms with Crippen LogP contribution in [0.5, 0.6) is 0 Å². The number of nitrogens with zero attached hydrogens (tertiary/aromatic N) is 2. The number of aryl methyl sites for hydroxylation is 2. The molecule has 0 amide bonds. The van der Waals surface area contributed by atoms with E-state index < -0.39 is 0 Å². The summed E-state index contributed by atoms with van der Waals surface area (Å²) in [5.41, 5.74) is 4.24. The first kappa shape index (κ1) is 19.2. The maximum atomic E-state index is 12.6. The fourth-order valence-corrected chi connectivity index (χ4v) is 3.97. The number of aromatic nitrogens is 3. The predicted molar refractivity (Wildman–Crippen MR) is 115 cm³/mol. The van der Waals surface area contributed by atoms with E-state index >= 15 is 0 Å². The molecule has 0 aliphatic rings. The smallest absolute Gasteiger partial charge is 0.255 e. The summed E-state index contributed by atoms with van der Waals surface area (Å²) in [6, 6.07) is 19.7. The molecule has 0 bridgehead atoms. The summed E-state index contributed by atoms with van der Waals surface area (Å²) in [5, 5.41) is 0.591. The van der Waals surface area contributed by atoms with Crippen molar-refractivity contribution in [3.63, 3.8) is 0 Å². The van der Waals surface area contributed by atoms with Crippen molar-refractivity contribution >= 4 is 11.8 Å². The highest BCUT2D eigenvalue weighted by Gasteiger charge is 2.14. The van der Waals surface area contributed by atoms with Crippen LogP contribution in [-0.4, -0.2) is 15.0 Å². The molecule has 2 heterocycles. The lowest BCUT2D eigenvalue weighted by molar-refractivity contribution is 0.540. The lowest BCUT2D eigenvalue weighted by Gasteiger charge is -2.07. The number of rotatable bonds is 6. The first-order valence-electron chi connectivity index (χ1n) is 9.38. The zero-order chi connectivity index (χ0) is 20.2. The molecule has 4 aromatic rings. The minimum absolute atomic E-state index is 0.0919. The molecule has 0 aliphatic carbocycles. The molecule has 4 rings (SSSR count). The fraction of sp³-hybridized carbons (Fsp3) is 0.174. The molecule has 2 aromatic carbocycles. The van der Waals surface area contributed by atoms with Gasteiger partial charge in [0.2, 0.25) is 5.89 Å². The van der Waals surface area contributed by atoms with Gasteiger partial charge in [-0.05, 0) is 31.5 Å². The molecule has 146 valence electrons. The normalized spacial score (nSPS) is 11.0. The summed E-state index contributed by atoms with van der Waals surface area (Å²) in [6.45, 7) is 3.78. The molecule has 0 saturated heterocycles. The van der Waals surface area contributed by atoms with Gasteiger partial charge in [-0.15, -0.1) is 0 Å². The Morgan fingerprint density at radius 3 is 2.34 bits per heavy atom. The lowest BCUT2D eigenvalue weighted by Crippen LogP contribution is -2.17. The van der Waals surface area contributed by atoms with Crippen molar-refractivity contribution in [2.45, 2.75) is 31.2 Å². The first-order valence-corrected chi connectivity index (χ1v) is 10.4. The first-order chi connectivity index (χ1) is 14.1. The third kappa shape index (κ3) is 4.49. The number of hydrogen-bond donors (Lipinski definition) is 1. The standard InChI is InChI=1S/C23H21N3O2S/c1-15-19(13-17-9-5-3-6-10-17)21(27)26-23(24-15)29-14-20-16(2)28-22(25-20)18-11-7-4-8-12-18/h3-12H,13-14H2,1-2H3,(H,24,26,27). The SMILES string of the molecule is Cc1nc(SCc2nc(-c3ccccc3)oc2C)[nH]c(=O)c1Cc1ccccc1. The topological polar surface area (TPSA) is 71.8 Å². The number of H-pyrrole nitrogens is 1. The van der Waals surface area contributed by atoms with Crippen LogP contribution in [0, 0.1) is 13.8 Å². The van der Waals surface area contributed by atoms with E-state index in [0.717, 1.165) is 28.3 Å². The zero-order valence-corrected chi connectivity index (χ0v) is 17.1. The van der Waals surface area contributed by atoms with Crippen LogP contribution in [-0.2, 0) is 12.2 Å². The summed E-state index contributed by atoms with van der Waals surface area (Å²) in [5.74, 6) is 1.95. The van der Waals surface area contributed by atoms with E-state index in [2.05, 4.69) is 15.0 Å². The molecule has 0 atom stereocenters. The van der Waals surface area contributed by atoms with Crippen LogP contribution in [0.15, 0.2) is 75.0 Å². The number of benzene rings is 2. The number of oxazole rings is 1. The van der Waals surface area contributed by atoms with Gasteiger partial charge in [0.05, 0.1) is 5.69 Å². The van der Waals surface area contributed by atoms with E-state index in [0.29, 0.717) is 28.8 Å². The van der Waals surface area contributed by atoms with Gasteiger partial charge in [0.1, 0.15) is 5.76 Å². The lowest BCUT2D eigenvalue weighted by atomic mass is 10.1. The Hall–Kier alpha value is -3.12. The summed E-state index contributed by atoms with van der Waals surface area (Å²) in [7, 11) is 0. The maximum absolute atomic E-state index is 12.6. The molecule has 0 unspecified atom stereocenters. The summed E-state index contributed by atoms with van der Waals surface area (Å²) < 4.78 is 5.81. The fourth-order valence-electron chi connectivity index (χ4n) is 3.06. The molecule has 0 saturated carbocycles. The quantitative estimate of drug-likeness (QED) is 0.365. The number of nitrogens with one attached hydrogen (secondary N) is 1. The van der Waals surface area contributed by atoms with Crippen molar-refractivity contribution < 1.29 is 4.42 Å². The molecule has 6 heteroatoms. The third-order valence-electron chi connectivity index (χ3n) is 4.68. The average Bonchev–Trinajstić information content (AvgIpc) is 3.11. The van der Waals surface area contributed by atoms with Gasteiger partial charge < -0.3 is 9.40 Å². The second-order valence-electron chi connectivity index (χ2n) is 6.77. The van der Waals surface area contributed by atoms with Crippen LogP contribution in [0.2, 0.25) is 0 Å². The number of aromatic amines is 1. The van der Waals surface area contributed by atoms with Crippen molar-refractivity contribution in [2.24, 2.45) is 0 Å². The van der Waals surface area contributed by atoms with E-state index in [9.17, 15) is 4.79 Å². The van der Waals surface area contributed by atoms with Crippen molar-refractivity contribution in [3.05, 3.63) is 99.3 Å². The monoisotopic (exact) mass is 403 g/mol. The highest BCUT2D eigenvalue weighted by molar-refractivity contribution is 7.98. The molecule has 0 radical (unpaired) electrons. The predicted octanol–water partition coefficient (Wildman–Crippen LogP) is 4.92. The van der Waals surface area contributed by atoms with Crippen molar-refractivity contribution in [1.82, 2.24) is 15.0 Å². The molecule has 1 N–H and O–H groups in total. The van der Waals surface area contributed by atoms with Gasteiger partial charge in [0, 0.05) is 29.0 Å². The van der Waals surface area contributed by atoms with Gasteiger partial charge in [0.15, 0.2) is 5.16 Å². The number of hydrogen-bond acceptors (Lipinski definition) is 5. The Morgan fingerprint density at radius 1 is 0.966 bits per heavy atom. The Kier molecular flexibility index (Phi) is 5.62. The Labute approximate surface area is 173 Å². The molecule has 29 heavy (non-hydrogen) atoms.